The minimum absolute atomic E-state index is 0.0579. The normalized spacial score (nSPS) is 11.2. The van der Waals surface area contributed by atoms with Gasteiger partial charge in [0.05, 0.1) is 14.2 Å². The maximum absolute atomic E-state index is 12.5. The fraction of sp³-hybridized carbons (Fsp3) is 0.333. The van der Waals surface area contributed by atoms with Gasteiger partial charge in [0.2, 0.25) is 10.0 Å². The van der Waals surface area contributed by atoms with Crippen molar-refractivity contribution in [2.24, 2.45) is 0 Å². The Morgan fingerprint density at radius 2 is 1.72 bits per heavy atom. The lowest BCUT2D eigenvalue weighted by molar-refractivity contribution is 0.320. The molecule has 2 aromatic rings. The maximum atomic E-state index is 12.5. The first-order valence-electron chi connectivity index (χ1n) is 7.79. The molecule has 0 spiro atoms. The van der Waals surface area contributed by atoms with Crippen LogP contribution in [-0.2, 0) is 10.0 Å². The number of benzene rings is 2. The Balaban J connectivity index is 2.01. The Hall–Kier alpha value is -2.25. The quantitative estimate of drug-likeness (QED) is 0.728. The third-order valence-electron chi connectivity index (χ3n) is 3.66. The average molecular weight is 365 g/mol. The van der Waals surface area contributed by atoms with Crippen molar-refractivity contribution in [2.75, 3.05) is 27.4 Å². The first kappa shape index (κ1) is 19.1. The molecule has 0 atom stereocenters. The summed E-state index contributed by atoms with van der Waals surface area (Å²) < 4.78 is 43.3. The van der Waals surface area contributed by atoms with Crippen molar-refractivity contribution in [2.45, 2.75) is 18.7 Å². The highest BCUT2D eigenvalue weighted by Gasteiger charge is 2.19. The topological polar surface area (TPSA) is 73.9 Å². The Kier molecular flexibility index (Phi) is 6.27. The van der Waals surface area contributed by atoms with E-state index in [0.717, 1.165) is 16.9 Å². The third kappa shape index (κ3) is 4.87. The van der Waals surface area contributed by atoms with Crippen LogP contribution >= 0.6 is 0 Å². The van der Waals surface area contributed by atoms with Crippen LogP contribution in [0.2, 0.25) is 0 Å². The van der Waals surface area contributed by atoms with Crippen LogP contribution in [0.25, 0.3) is 0 Å². The molecule has 0 radical (unpaired) electrons. The fourth-order valence-corrected chi connectivity index (χ4v) is 3.44. The SMILES string of the molecule is COc1ccc(S(=O)(=O)NCCOc2cc(C)ccc2C)c(OC)c1. The van der Waals surface area contributed by atoms with Gasteiger partial charge in [-0.1, -0.05) is 12.1 Å². The van der Waals surface area contributed by atoms with Crippen LogP contribution in [0.15, 0.2) is 41.3 Å². The number of rotatable bonds is 8. The predicted octanol–water partition coefficient (Wildman–Crippen LogP) is 2.68. The van der Waals surface area contributed by atoms with Crippen molar-refractivity contribution >= 4 is 10.0 Å². The van der Waals surface area contributed by atoms with Gasteiger partial charge in [-0.25, -0.2) is 13.1 Å². The van der Waals surface area contributed by atoms with Gasteiger partial charge in [0.15, 0.2) is 0 Å². The van der Waals surface area contributed by atoms with Crippen molar-refractivity contribution in [3.05, 3.63) is 47.5 Å². The molecule has 6 nitrogen and oxygen atoms in total. The second-order valence-corrected chi connectivity index (χ2v) is 7.27. The molecule has 136 valence electrons. The third-order valence-corrected chi connectivity index (χ3v) is 5.16. The maximum Gasteiger partial charge on any atom is 0.244 e. The summed E-state index contributed by atoms with van der Waals surface area (Å²) in [5.74, 6) is 1.50. The monoisotopic (exact) mass is 365 g/mol. The van der Waals surface area contributed by atoms with Crippen molar-refractivity contribution in [1.82, 2.24) is 4.72 Å². The largest absolute Gasteiger partial charge is 0.497 e. The molecule has 0 aliphatic heterocycles. The Labute approximate surface area is 148 Å². The Morgan fingerprint density at radius 3 is 2.40 bits per heavy atom. The van der Waals surface area contributed by atoms with Gasteiger partial charge in [0.25, 0.3) is 0 Å². The zero-order chi connectivity index (χ0) is 18.4. The Morgan fingerprint density at radius 1 is 0.960 bits per heavy atom. The standard InChI is InChI=1S/C18H23NO5S/c1-13-5-6-14(2)16(11-13)24-10-9-19-25(20,21)18-8-7-15(22-3)12-17(18)23-4/h5-8,11-12,19H,9-10H2,1-4H3. The van der Waals surface area contributed by atoms with Crippen LogP contribution in [-0.4, -0.2) is 35.8 Å². The molecular formula is C18H23NO5S. The van der Waals surface area contributed by atoms with Crippen LogP contribution in [0.4, 0.5) is 0 Å². The second-order valence-electron chi connectivity index (χ2n) is 5.53. The molecule has 1 N–H and O–H groups in total. The van der Waals surface area contributed by atoms with Crippen molar-refractivity contribution < 1.29 is 22.6 Å². The lowest BCUT2D eigenvalue weighted by Gasteiger charge is -2.13. The number of hydrogen-bond donors (Lipinski definition) is 1. The van der Waals surface area contributed by atoms with Gasteiger partial charge in [0.1, 0.15) is 28.8 Å². The molecule has 7 heteroatoms. The van der Waals surface area contributed by atoms with Crippen LogP contribution in [0.5, 0.6) is 17.2 Å². The highest BCUT2D eigenvalue weighted by Crippen LogP contribution is 2.28. The highest BCUT2D eigenvalue weighted by atomic mass is 32.2. The molecular weight excluding hydrogens is 342 g/mol. The number of nitrogens with one attached hydrogen (secondary N) is 1. The minimum atomic E-state index is -3.71. The van der Waals surface area contributed by atoms with Gasteiger partial charge in [-0.2, -0.15) is 0 Å². The molecule has 0 amide bonds. The van der Waals surface area contributed by atoms with E-state index in [9.17, 15) is 8.42 Å². The van der Waals surface area contributed by atoms with Crippen molar-refractivity contribution in [3.8, 4) is 17.2 Å². The van der Waals surface area contributed by atoms with Crippen LogP contribution in [0, 0.1) is 13.8 Å². The lowest BCUT2D eigenvalue weighted by atomic mass is 10.1. The van der Waals surface area contributed by atoms with Crippen molar-refractivity contribution in [1.29, 1.82) is 0 Å². The first-order chi connectivity index (χ1) is 11.9. The lowest BCUT2D eigenvalue weighted by Crippen LogP contribution is -2.28. The van der Waals surface area contributed by atoms with E-state index in [2.05, 4.69) is 4.72 Å². The van der Waals surface area contributed by atoms with Crippen LogP contribution in [0.3, 0.4) is 0 Å². The zero-order valence-corrected chi connectivity index (χ0v) is 15.6. The fourth-order valence-electron chi connectivity index (χ4n) is 2.27. The molecule has 2 aromatic carbocycles. The molecule has 0 fully saturated rings. The van der Waals surface area contributed by atoms with Gasteiger partial charge in [0, 0.05) is 12.6 Å². The van der Waals surface area contributed by atoms with E-state index in [4.69, 9.17) is 14.2 Å². The molecule has 0 unspecified atom stereocenters. The number of sulfonamides is 1. The molecule has 0 aliphatic carbocycles. The summed E-state index contributed by atoms with van der Waals surface area (Å²) in [6, 6.07) is 10.4. The second kappa shape index (κ2) is 8.22. The zero-order valence-electron chi connectivity index (χ0n) is 14.8. The summed E-state index contributed by atoms with van der Waals surface area (Å²) in [6.07, 6.45) is 0. The molecule has 0 saturated carbocycles. The average Bonchev–Trinajstić information content (AvgIpc) is 2.60. The number of methoxy groups -OCH3 is 2. The summed E-state index contributed by atoms with van der Waals surface area (Å²) in [4.78, 5) is 0.0579. The van der Waals surface area contributed by atoms with Crippen LogP contribution < -0.4 is 18.9 Å². The first-order valence-corrected chi connectivity index (χ1v) is 9.27. The number of ether oxygens (including phenoxy) is 3. The van der Waals surface area contributed by atoms with E-state index in [1.807, 2.05) is 32.0 Å². The van der Waals surface area contributed by atoms with Gasteiger partial charge in [-0.3, -0.25) is 0 Å². The van der Waals surface area contributed by atoms with Gasteiger partial charge in [-0.15, -0.1) is 0 Å². The van der Waals surface area contributed by atoms with E-state index in [0.29, 0.717) is 5.75 Å². The molecule has 2 rings (SSSR count). The predicted molar refractivity (Wildman–Crippen MR) is 96.1 cm³/mol. The molecule has 0 heterocycles. The van der Waals surface area contributed by atoms with Gasteiger partial charge >= 0.3 is 0 Å². The molecule has 0 bridgehead atoms. The number of aryl methyl sites for hydroxylation is 2. The summed E-state index contributed by atoms with van der Waals surface area (Å²) in [6.45, 7) is 4.29. The van der Waals surface area contributed by atoms with E-state index in [1.165, 1.54) is 26.4 Å². The van der Waals surface area contributed by atoms with E-state index in [-0.39, 0.29) is 23.8 Å². The molecule has 0 aliphatic rings. The molecule has 25 heavy (non-hydrogen) atoms. The highest BCUT2D eigenvalue weighted by molar-refractivity contribution is 7.89. The summed E-state index contributed by atoms with van der Waals surface area (Å²) >= 11 is 0. The van der Waals surface area contributed by atoms with E-state index in [1.54, 1.807) is 6.07 Å². The number of hydrogen-bond acceptors (Lipinski definition) is 5. The summed E-state index contributed by atoms with van der Waals surface area (Å²) in [5, 5.41) is 0. The minimum Gasteiger partial charge on any atom is -0.497 e. The summed E-state index contributed by atoms with van der Waals surface area (Å²) in [7, 11) is -0.791. The summed E-state index contributed by atoms with van der Waals surface area (Å²) in [5.41, 5.74) is 2.09. The molecule has 0 saturated heterocycles. The van der Waals surface area contributed by atoms with Crippen LogP contribution in [0.1, 0.15) is 11.1 Å². The molecule has 0 aromatic heterocycles. The van der Waals surface area contributed by atoms with E-state index >= 15 is 0 Å². The van der Waals surface area contributed by atoms with Gasteiger partial charge < -0.3 is 14.2 Å². The Bertz CT molecular complexity index is 833. The smallest absolute Gasteiger partial charge is 0.244 e. The van der Waals surface area contributed by atoms with Crippen molar-refractivity contribution in [3.63, 3.8) is 0 Å². The van der Waals surface area contributed by atoms with Gasteiger partial charge in [-0.05, 0) is 43.2 Å². The van der Waals surface area contributed by atoms with E-state index < -0.39 is 10.0 Å².